The molecule has 0 rings (SSSR count). The van der Waals surface area contributed by atoms with E-state index in [1.807, 2.05) is 7.05 Å². The zero-order chi connectivity index (χ0) is 14.9. The van der Waals surface area contributed by atoms with Crippen LogP contribution in [0.15, 0.2) is 0 Å². The highest BCUT2D eigenvalue weighted by Crippen LogP contribution is 2.47. The average Bonchev–Trinajstić information content (AvgIpc) is 2.25. The van der Waals surface area contributed by atoms with Gasteiger partial charge in [0.2, 0.25) is 0 Å². The molecule has 7 heteroatoms. The zero-order valence-electron chi connectivity index (χ0n) is 12.4. The molecule has 0 spiro atoms. The minimum atomic E-state index is -4.05. The number of phosphoric acid groups is 1. The van der Waals surface area contributed by atoms with Gasteiger partial charge in [-0.2, -0.15) is 0 Å². The Morgan fingerprint density at radius 2 is 1.95 bits per heavy atom. The van der Waals surface area contributed by atoms with E-state index in [0.717, 1.165) is 25.8 Å². The second kappa shape index (κ2) is 9.06. The molecule has 0 saturated carbocycles. The predicted molar refractivity (Wildman–Crippen MR) is 75.0 cm³/mol. The van der Waals surface area contributed by atoms with E-state index >= 15 is 0 Å². The van der Waals surface area contributed by atoms with E-state index in [4.69, 9.17) is 9.05 Å². The fourth-order valence-corrected chi connectivity index (χ4v) is 2.68. The van der Waals surface area contributed by atoms with Crippen molar-refractivity contribution < 1.29 is 23.6 Å². The zero-order valence-corrected chi connectivity index (χ0v) is 13.3. The first-order chi connectivity index (χ1) is 8.70. The van der Waals surface area contributed by atoms with Crippen LogP contribution in [0.3, 0.4) is 0 Å². The lowest BCUT2D eigenvalue weighted by molar-refractivity contribution is 0.0482. The molecule has 0 aromatic heterocycles. The van der Waals surface area contributed by atoms with Crippen LogP contribution in [0.25, 0.3) is 0 Å². The molecule has 0 aliphatic heterocycles. The summed E-state index contributed by atoms with van der Waals surface area (Å²) in [7, 11) is -2.16. The van der Waals surface area contributed by atoms with Crippen LogP contribution in [0.4, 0.5) is 0 Å². The fourth-order valence-electron chi connectivity index (χ4n) is 1.53. The van der Waals surface area contributed by atoms with Crippen LogP contribution in [0, 0.1) is 5.92 Å². The van der Waals surface area contributed by atoms with E-state index in [-0.39, 0.29) is 19.1 Å². The standard InChI is InChI=1S/C12H28NO5P/c1-12(2,3)18-19(15,16)17-10-11(9-14)7-5-6-8-13-4/h11,13-14H,5-10H2,1-4H3,(H,15,16). The molecular weight excluding hydrogens is 269 g/mol. The third-order valence-corrected chi connectivity index (χ3v) is 3.66. The number of hydrogen-bond acceptors (Lipinski definition) is 5. The average molecular weight is 297 g/mol. The lowest BCUT2D eigenvalue weighted by atomic mass is 10.0. The highest BCUT2D eigenvalue weighted by atomic mass is 31.2. The Labute approximate surface area is 116 Å². The monoisotopic (exact) mass is 297 g/mol. The van der Waals surface area contributed by atoms with Gasteiger partial charge in [-0.3, -0.25) is 9.05 Å². The summed E-state index contributed by atoms with van der Waals surface area (Å²) in [5.41, 5.74) is -0.744. The second-order valence-electron chi connectivity index (χ2n) is 5.62. The number of rotatable bonds is 10. The van der Waals surface area contributed by atoms with Crippen LogP contribution < -0.4 is 5.32 Å². The van der Waals surface area contributed by atoms with Gasteiger partial charge in [-0.15, -0.1) is 0 Å². The topological polar surface area (TPSA) is 88.0 Å². The molecule has 0 heterocycles. The van der Waals surface area contributed by atoms with Crippen molar-refractivity contribution in [1.29, 1.82) is 0 Å². The molecular formula is C12H28NO5P. The molecule has 116 valence electrons. The molecule has 0 saturated heterocycles. The number of aliphatic hydroxyl groups excluding tert-OH is 1. The predicted octanol–water partition coefficient (Wildman–Crippen LogP) is 1.92. The van der Waals surface area contributed by atoms with Crippen LogP contribution in [0.5, 0.6) is 0 Å². The van der Waals surface area contributed by atoms with Crippen molar-refractivity contribution in [2.45, 2.75) is 45.6 Å². The van der Waals surface area contributed by atoms with Crippen LogP contribution >= 0.6 is 7.82 Å². The van der Waals surface area contributed by atoms with E-state index in [1.54, 1.807) is 20.8 Å². The van der Waals surface area contributed by atoms with E-state index in [0.29, 0.717) is 0 Å². The molecule has 0 amide bonds. The van der Waals surface area contributed by atoms with Gasteiger partial charge in [-0.1, -0.05) is 6.42 Å². The largest absolute Gasteiger partial charge is 0.472 e. The highest BCUT2D eigenvalue weighted by Gasteiger charge is 2.29. The number of unbranched alkanes of at least 4 members (excludes halogenated alkanes) is 1. The minimum absolute atomic E-state index is 0.0277. The summed E-state index contributed by atoms with van der Waals surface area (Å²) in [6, 6.07) is 0. The van der Waals surface area contributed by atoms with Crippen molar-refractivity contribution in [3.05, 3.63) is 0 Å². The van der Waals surface area contributed by atoms with Gasteiger partial charge < -0.3 is 15.3 Å². The van der Waals surface area contributed by atoms with Crippen LogP contribution in [-0.2, 0) is 13.6 Å². The second-order valence-corrected chi connectivity index (χ2v) is 6.99. The Balaban J connectivity index is 4.02. The van der Waals surface area contributed by atoms with Crippen molar-refractivity contribution in [3.8, 4) is 0 Å². The first kappa shape index (κ1) is 19.0. The van der Waals surface area contributed by atoms with Gasteiger partial charge in [0, 0.05) is 12.5 Å². The first-order valence-electron chi connectivity index (χ1n) is 6.64. The Morgan fingerprint density at radius 3 is 2.42 bits per heavy atom. The Hall–Kier alpha value is 0.0300. The van der Waals surface area contributed by atoms with Gasteiger partial charge in [-0.05, 0) is 47.2 Å². The van der Waals surface area contributed by atoms with E-state index < -0.39 is 13.4 Å². The number of hydrogen-bond donors (Lipinski definition) is 3. The van der Waals surface area contributed by atoms with Crippen molar-refractivity contribution in [2.24, 2.45) is 5.92 Å². The SMILES string of the molecule is CNCCCCC(CO)COP(=O)(O)OC(C)(C)C. The molecule has 0 aromatic rings. The summed E-state index contributed by atoms with van der Waals surface area (Å²) in [6.07, 6.45) is 2.70. The van der Waals surface area contributed by atoms with E-state index in [1.165, 1.54) is 0 Å². The van der Waals surface area contributed by atoms with Crippen LogP contribution in [-0.4, -0.2) is 42.4 Å². The lowest BCUT2D eigenvalue weighted by Crippen LogP contribution is -2.20. The maximum Gasteiger partial charge on any atom is 0.472 e. The maximum atomic E-state index is 11.6. The molecule has 0 radical (unpaired) electrons. The lowest BCUT2D eigenvalue weighted by Gasteiger charge is -2.24. The van der Waals surface area contributed by atoms with Gasteiger partial charge in [0.25, 0.3) is 0 Å². The van der Waals surface area contributed by atoms with E-state index in [9.17, 15) is 14.6 Å². The van der Waals surface area contributed by atoms with Crippen molar-refractivity contribution in [3.63, 3.8) is 0 Å². The van der Waals surface area contributed by atoms with Gasteiger partial charge in [-0.25, -0.2) is 4.57 Å². The number of nitrogens with one attached hydrogen (secondary N) is 1. The molecule has 0 fully saturated rings. The molecule has 0 aromatic carbocycles. The molecule has 2 atom stereocenters. The molecule has 19 heavy (non-hydrogen) atoms. The summed E-state index contributed by atoms with van der Waals surface area (Å²) in [5, 5.41) is 12.2. The third-order valence-electron chi connectivity index (χ3n) is 2.41. The summed E-state index contributed by atoms with van der Waals surface area (Å²) < 4.78 is 21.5. The summed E-state index contributed by atoms with van der Waals surface area (Å²) in [5.74, 6) is -0.138. The smallest absolute Gasteiger partial charge is 0.396 e. The summed E-state index contributed by atoms with van der Waals surface area (Å²) in [4.78, 5) is 9.52. The number of aliphatic hydroxyl groups is 1. The van der Waals surface area contributed by atoms with Gasteiger partial charge in [0.15, 0.2) is 0 Å². The summed E-state index contributed by atoms with van der Waals surface area (Å²) >= 11 is 0. The van der Waals surface area contributed by atoms with E-state index in [2.05, 4.69) is 5.32 Å². The molecule has 0 aliphatic rings. The minimum Gasteiger partial charge on any atom is -0.396 e. The number of phosphoric ester groups is 1. The Morgan fingerprint density at radius 1 is 1.32 bits per heavy atom. The first-order valence-corrected chi connectivity index (χ1v) is 8.13. The molecule has 2 unspecified atom stereocenters. The quantitative estimate of drug-likeness (QED) is 0.422. The normalized spacial score (nSPS) is 17.2. The van der Waals surface area contributed by atoms with Crippen molar-refractivity contribution >= 4 is 7.82 Å². The van der Waals surface area contributed by atoms with Crippen molar-refractivity contribution in [1.82, 2.24) is 5.32 Å². The van der Waals surface area contributed by atoms with Gasteiger partial charge in [0.1, 0.15) is 0 Å². The van der Waals surface area contributed by atoms with Gasteiger partial charge in [0.05, 0.1) is 12.2 Å². The summed E-state index contributed by atoms with van der Waals surface area (Å²) in [6.45, 7) is 5.93. The fraction of sp³-hybridized carbons (Fsp3) is 1.00. The van der Waals surface area contributed by atoms with Gasteiger partial charge >= 0.3 is 7.82 Å². The molecule has 3 N–H and O–H groups in total. The Bertz CT molecular complexity index is 280. The van der Waals surface area contributed by atoms with Crippen LogP contribution in [0.2, 0.25) is 0 Å². The molecule has 0 aliphatic carbocycles. The molecule has 0 bridgehead atoms. The maximum absolute atomic E-state index is 11.6. The van der Waals surface area contributed by atoms with Crippen molar-refractivity contribution in [2.75, 3.05) is 26.8 Å². The highest BCUT2D eigenvalue weighted by molar-refractivity contribution is 7.47. The van der Waals surface area contributed by atoms with Crippen LogP contribution in [0.1, 0.15) is 40.0 Å². The Kier molecular flexibility index (Phi) is 9.07. The third kappa shape index (κ3) is 11.5. The molecule has 6 nitrogen and oxygen atoms in total.